The zero-order valence-electron chi connectivity index (χ0n) is 16.8. The van der Waals surface area contributed by atoms with Crippen molar-refractivity contribution in [3.63, 3.8) is 0 Å². The third-order valence-electron chi connectivity index (χ3n) is 4.88. The second kappa shape index (κ2) is 8.87. The molecule has 0 saturated carbocycles. The van der Waals surface area contributed by atoms with Gasteiger partial charge in [-0.3, -0.25) is 19.8 Å². The van der Waals surface area contributed by atoms with Gasteiger partial charge in [0.2, 0.25) is 5.91 Å². The van der Waals surface area contributed by atoms with Crippen LogP contribution in [0.4, 0.5) is 5.69 Å². The lowest BCUT2D eigenvalue weighted by Gasteiger charge is -2.27. The maximum atomic E-state index is 13.2. The lowest BCUT2D eigenvalue weighted by Crippen LogP contribution is -2.54. The maximum Gasteiger partial charge on any atom is 0.261 e. The number of nitrogens with zero attached hydrogens (tertiary/aromatic N) is 1. The van der Waals surface area contributed by atoms with E-state index in [4.69, 9.17) is 4.74 Å². The summed E-state index contributed by atoms with van der Waals surface area (Å²) in [6.45, 7) is 5.45. The Labute approximate surface area is 170 Å². The number of hydrazine groups is 1. The van der Waals surface area contributed by atoms with Crippen molar-refractivity contribution in [1.82, 2.24) is 10.7 Å². The molecule has 7 nitrogen and oxygen atoms in total. The topological polar surface area (TPSA) is 87.7 Å². The monoisotopic (exact) mass is 395 g/mol. The van der Waals surface area contributed by atoms with Gasteiger partial charge in [-0.25, -0.2) is 5.01 Å². The molecule has 3 amide bonds. The Morgan fingerprint density at radius 1 is 1.10 bits per heavy atom. The van der Waals surface area contributed by atoms with Crippen LogP contribution >= 0.6 is 0 Å². The summed E-state index contributed by atoms with van der Waals surface area (Å²) in [6.07, 6.45) is 0. The number of nitrogens with one attached hydrogen (secondary N) is 2. The molecular weight excluding hydrogens is 370 g/mol. The molecule has 0 aromatic heterocycles. The first kappa shape index (κ1) is 20.5. The van der Waals surface area contributed by atoms with Gasteiger partial charge >= 0.3 is 0 Å². The van der Waals surface area contributed by atoms with Crippen LogP contribution in [0, 0.1) is 0 Å². The molecule has 1 aliphatic rings. The van der Waals surface area contributed by atoms with Crippen molar-refractivity contribution in [2.45, 2.75) is 32.7 Å². The van der Waals surface area contributed by atoms with Crippen LogP contribution in [0.15, 0.2) is 48.5 Å². The van der Waals surface area contributed by atoms with Crippen LogP contribution < -0.4 is 15.8 Å². The van der Waals surface area contributed by atoms with Crippen LogP contribution in [0.2, 0.25) is 0 Å². The molecule has 29 heavy (non-hydrogen) atoms. The standard InChI is InChI=1S/C22H25N3O4/c1-4-29-13-20(26)23-15(3)21(27)24-25-19-12-8-7-11-18(19)17-10-6-5-9-16(17)14(2)22(25)28/h5-12,14-15H,4,13H2,1-3H3,(H,23,26)(H,24,27)/t14?,15-/m0/s1. The summed E-state index contributed by atoms with van der Waals surface area (Å²) in [5.41, 5.74) is 5.99. The van der Waals surface area contributed by atoms with E-state index in [0.29, 0.717) is 12.3 Å². The fraction of sp³-hybridized carbons (Fsp3) is 0.318. The van der Waals surface area contributed by atoms with Gasteiger partial charge < -0.3 is 10.1 Å². The highest BCUT2D eigenvalue weighted by Crippen LogP contribution is 2.39. The van der Waals surface area contributed by atoms with E-state index < -0.39 is 23.8 Å². The average molecular weight is 395 g/mol. The number of ether oxygens (including phenoxy) is 1. The number of carbonyl (C=O) groups excluding carboxylic acids is 3. The third kappa shape index (κ3) is 4.30. The maximum absolute atomic E-state index is 13.2. The molecular formula is C22H25N3O4. The quantitative estimate of drug-likeness (QED) is 0.786. The Kier molecular flexibility index (Phi) is 6.29. The van der Waals surface area contributed by atoms with Crippen molar-refractivity contribution in [2.75, 3.05) is 18.2 Å². The molecule has 3 rings (SSSR count). The summed E-state index contributed by atoms with van der Waals surface area (Å²) in [5.74, 6) is -1.57. The third-order valence-corrected chi connectivity index (χ3v) is 4.88. The van der Waals surface area contributed by atoms with Gasteiger partial charge in [0.25, 0.3) is 11.8 Å². The smallest absolute Gasteiger partial charge is 0.261 e. The van der Waals surface area contributed by atoms with Crippen molar-refractivity contribution in [1.29, 1.82) is 0 Å². The predicted octanol–water partition coefficient (Wildman–Crippen LogP) is 2.38. The molecule has 2 atom stereocenters. The fourth-order valence-corrected chi connectivity index (χ4v) is 3.33. The van der Waals surface area contributed by atoms with E-state index in [0.717, 1.165) is 16.7 Å². The normalized spacial score (nSPS) is 16.3. The Morgan fingerprint density at radius 3 is 2.48 bits per heavy atom. The molecule has 2 aromatic rings. The molecule has 0 aliphatic carbocycles. The fourth-order valence-electron chi connectivity index (χ4n) is 3.33. The predicted molar refractivity (Wildman–Crippen MR) is 110 cm³/mol. The molecule has 1 unspecified atom stereocenters. The summed E-state index contributed by atoms with van der Waals surface area (Å²) < 4.78 is 5.05. The number of carbonyl (C=O) groups is 3. The minimum absolute atomic E-state index is 0.119. The number of fused-ring (bicyclic) bond motifs is 3. The van der Waals surface area contributed by atoms with Crippen LogP contribution in [-0.2, 0) is 19.1 Å². The van der Waals surface area contributed by atoms with Gasteiger partial charge in [0.15, 0.2) is 0 Å². The molecule has 0 radical (unpaired) electrons. The van der Waals surface area contributed by atoms with E-state index >= 15 is 0 Å². The van der Waals surface area contributed by atoms with Crippen molar-refractivity contribution in [3.05, 3.63) is 54.1 Å². The van der Waals surface area contributed by atoms with E-state index in [2.05, 4.69) is 10.7 Å². The van der Waals surface area contributed by atoms with Crippen LogP contribution in [0.5, 0.6) is 0 Å². The Bertz CT molecular complexity index is 928. The molecule has 7 heteroatoms. The Morgan fingerprint density at radius 2 is 1.76 bits per heavy atom. The number of hydrogen-bond donors (Lipinski definition) is 2. The van der Waals surface area contributed by atoms with Crippen molar-refractivity contribution in [3.8, 4) is 11.1 Å². The number of anilines is 1. The number of rotatable bonds is 6. The highest BCUT2D eigenvalue weighted by molar-refractivity contribution is 6.06. The molecule has 2 N–H and O–H groups in total. The van der Waals surface area contributed by atoms with Gasteiger partial charge in [-0.1, -0.05) is 42.5 Å². The van der Waals surface area contributed by atoms with Crippen LogP contribution in [0.1, 0.15) is 32.3 Å². The molecule has 0 fully saturated rings. The van der Waals surface area contributed by atoms with Crippen molar-refractivity contribution in [2.24, 2.45) is 0 Å². The van der Waals surface area contributed by atoms with Crippen molar-refractivity contribution < 1.29 is 19.1 Å². The van der Waals surface area contributed by atoms with Gasteiger partial charge in [0.05, 0.1) is 11.6 Å². The van der Waals surface area contributed by atoms with Gasteiger partial charge in [0.1, 0.15) is 12.6 Å². The second-order valence-electron chi connectivity index (χ2n) is 6.90. The lowest BCUT2D eigenvalue weighted by atomic mass is 9.92. The van der Waals surface area contributed by atoms with Crippen LogP contribution in [0.25, 0.3) is 11.1 Å². The zero-order chi connectivity index (χ0) is 21.0. The van der Waals surface area contributed by atoms with Crippen LogP contribution in [0.3, 0.4) is 0 Å². The van der Waals surface area contributed by atoms with Crippen LogP contribution in [-0.4, -0.2) is 37.0 Å². The molecule has 2 aromatic carbocycles. The second-order valence-corrected chi connectivity index (χ2v) is 6.90. The first-order valence-corrected chi connectivity index (χ1v) is 9.64. The van der Waals surface area contributed by atoms with Crippen molar-refractivity contribution >= 4 is 23.4 Å². The van der Waals surface area contributed by atoms with Gasteiger partial charge in [-0.05, 0) is 38.0 Å². The molecule has 152 valence electrons. The van der Waals surface area contributed by atoms with E-state index in [-0.39, 0.29) is 12.5 Å². The highest BCUT2D eigenvalue weighted by Gasteiger charge is 2.33. The summed E-state index contributed by atoms with van der Waals surface area (Å²) in [6, 6.07) is 14.3. The molecule has 1 heterocycles. The van der Waals surface area contributed by atoms with Gasteiger partial charge in [-0.15, -0.1) is 0 Å². The number of amides is 3. The number of hydrogen-bond acceptors (Lipinski definition) is 4. The summed E-state index contributed by atoms with van der Waals surface area (Å²) in [5, 5.41) is 3.86. The Hall–Kier alpha value is -3.19. The average Bonchev–Trinajstić information content (AvgIpc) is 2.82. The van der Waals surface area contributed by atoms with E-state index in [1.165, 1.54) is 5.01 Å². The highest BCUT2D eigenvalue weighted by atomic mass is 16.5. The largest absolute Gasteiger partial charge is 0.372 e. The zero-order valence-corrected chi connectivity index (χ0v) is 16.8. The minimum atomic E-state index is -0.830. The number of benzene rings is 2. The first-order valence-electron chi connectivity index (χ1n) is 9.64. The van der Waals surface area contributed by atoms with E-state index in [1.54, 1.807) is 19.9 Å². The Balaban J connectivity index is 1.87. The van der Waals surface area contributed by atoms with E-state index in [1.807, 2.05) is 49.4 Å². The lowest BCUT2D eigenvalue weighted by molar-refractivity contribution is -0.132. The van der Waals surface area contributed by atoms with Gasteiger partial charge in [-0.2, -0.15) is 0 Å². The molecule has 0 bridgehead atoms. The first-order chi connectivity index (χ1) is 13.9. The molecule has 0 spiro atoms. The molecule has 1 aliphatic heterocycles. The summed E-state index contributed by atoms with van der Waals surface area (Å²) in [4.78, 5) is 37.7. The number of para-hydroxylation sites is 1. The van der Waals surface area contributed by atoms with Gasteiger partial charge in [0, 0.05) is 12.2 Å². The molecule has 0 saturated heterocycles. The SMILES string of the molecule is CCOCC(=O)N[C@@H](C)C(=O)NN1C(=O)C(C)c2ccccc2-c2ccccc21. The van der Waals surface area contributed by atoms with E-state index in [9.17, 15) is 14.4 Å². The summed E-state index contributed by atoms with van der Waals surface area (Å²) >= 11 is 0. The minimum Gasteiger partial charge on any atom is -0.372 e. The summed E-state index contributed by atoms with van der Waals surface area (Å²) in [7, 11) is 0.